The van der Waals surface area contributed by atoms with Crippen molar-refractivity contribution >= 4 is 11.8 Å². The third kappa shape index (κ3) is 5.12. The van der Waals surface area contributed by atoms with Crippen LogP contribution >= 0.6 is 0 Å². The van der Waals surface area contributed by atoms with Crippen molar-refractivity contribution in [2.45, 2.75) is 64.0 Å². The molecule has 7 heteroatoms. The Morgan fingerprint density at radius 2 is 1.77 bits per heavy atom. The molecule has 30 heavy (non-hydrogen) atoms. The van der Waals surface area contributed by atoms with Crippen LogP contribution in [0.25, 0.3) is 0 Å². The fourth-order valence-electron chi connectivity index (χ4n) is 4.67. The van der Waals surface area contributed by atoms with Crippen molar-refractivity contribution in [1.82, 2.24) is 19.7 Å². The Balaban J connectivity index is 1.32. The molecule has 3 fully saturated rings. The van der Waals surface area contributed by atoms with Crippen LogP contribution in [0.2, 0.25) is 0 Å². The minimum Gasteiger partial charge on any atom is -0.472 e. The van der Waals surface area contributed by atoms with Gasteiger partial charge in [-0.3, -0.25) is 14.5 Å². The zero-order chi connectivity index (χ0) is 20.9. The topological polar surface area (TPSA) is 66.0 Å². The summed E-state index contributed by atoms with van der Waals surface area (Å²) >= 11 is 0. The van der Waals surface area contributed by atoms with Crippen molar-refractivity contribution < 1.29 is 14.3 Å². The molecule has 3 aliphatic rings. The third-order valence-corrected chi connectivity index (χ3v) is 6.75. The zero-order valence-electron chi connectivity index (χ0n) is 18.1. The minimum absolute atomic E-state index is 0.0476. The molecule has 1 aromatic rings. The van der Waals surface area contributed by atoms with Gasteiger partial charge in [0.2, 0.25) is 11.8 Å². The highest BCUT2D eigenvalue weighted by Crippen LogP contribution is 2.26. The Morgan fingerprint density at radius 3 is 2.47 bits per heavy atom. The molecule has 0 spiro atoms. The Labute approximate surface area is 179 Å². The quantitative estimate of drug-likeness (QED) is 0.758. The van der Waals surface area contributed by atoms with E-state index in [0.717, 1.165) is 64.4 Å². The molecule has 2 aliphatic heterocycles. The van der Waals surface area contributed by atoms with Crippen LogP contribution in [0, 0.1) is 0 Å². The summed E-state index contributed by atoms with van der Waals surface area (Å²) in [6, 6.07) is 4.34. The lowest BCUT2D eigenvalue weighted by Crippen LogP contribution is -2.42. The van der Waals surface area contributed by atoms with Crippen LogP contribution in [0.1, 0.15) is 62.2 Å². The number of nitrogens with zero attached hydrogens (tertiary/aromatic N) is 4. The largest absolute Gasteiger partial charge is 0.472 e. The lowest BCUT2D eigenvalue weighted by molar-refractivity contribution is -0.129. The first-order valence-corrected chi connectivity index (χ1v) is 11.5. The van der Waals surface area contributed by atoms with Gasteiger partial charge in [-0.05, 0) is 44.6 Å². The summed E-state index contributed by atoms with van der Waals surface area (Å²) in [6.07, 6.45) is 9.54. The van der Waals surface area contributed by atoms with Crippen LogP contribution in [-0.4, -0.2) is 82.9 Å². The third-order valence-electron chi connectivity index (χ3n) is 6.75. The number of carbonyl (C=O) groups is 2. The molecular weight excluding hydrogens is 380 g/mol. The van der Waals surface area contributed by atoms with Gasteiger partial charge in [-0.15, -0.1) is 0 Å². The molecule has 7 nitrogen and oxygen atoms in total. The fourth-order valence-corrected chi connectivity index (χ4v) is 4.67. The van der Waals surface area contributed by atoms with E-state index in [2.05, 4.69) is 9.88 Å². The number of carbonyl (C=O) groups excluding carboxylic acids is 2. The molecule has 1 atom stereocenters. The van der Waals surface area contributed by atoms with Crippen molar-refractivity contribution in [3.63, 3.8) is 0 Å². The minimum atomic E-state index is -0.0476. The van der Waals surface area contributed by atoms with Gasteiger partial charge in [-0.1, -0.05) is 6.42 Å². The molecule has 1 aliphatic carbocycles. The maximum atomic E-state index is 13.0. The summed E-state index contributed by atoms with van der Waals surface area (Å²) < 4.78 is 6.04. The predicted molar refractivity (Wildman–Crippen MR) is 114 cm³/mol. The van der Waals surface area contributed by atoms with Crippen molar-refractivity contribution in [3.8, 4) is 5.88 Å². The first-order valence-electron chi connectivity index (χ1n) is 11.5. The summed E-state index contributed by atoms with van der Waals surface area (Å²) in [5.41, 5.74) is 0.616. The zero-order valence-corrected chi connectivity index (χ0v) is 18.1. The highest BCUT2D eigenvalue weighted by Gasteiger charge is 2.28. The van der Waals surface area contributed by atoms with Crippen molar-refractivity contribution in [2.75, 3.05) is 39.3 Å². The number of amides is 2. The first kappa shape index (κ1) is 21.1. The van der Waals surface area contributed by atoms with Crippen molar-refractivity contribution in [1.29, 1.82) is 0 Å². The van der Waals surface area contributed by atoms with Crippen LogP contribution in [0.5, 0.6) is 5.88 Å². The SMILES string of the molecule is CC(=O)N1CCCCC(Oc2ccc(C(=O)N3CCCN(C4CCC4)CC3)cn2)C1. The summed E-state index contributed by atoms with van der Waals surface area (Å²) in [7, 11) is 0. The molecule has 164 valence electrons. The number of rotatable bonds is 4. The van der Waals surface area contributed by atoms with Crippen LogP contribution in [0.3, 0.4) is 0 Å². The fraction of sp³-hybridized carbons (Fsp3) is 0.696. The average molecular weight is 415 g/mol. The summed E-state index contributed by atoms with van der Waals surface area (Å²) in [5, 5.41) is 0. The highest BCUT2D eigenvalue weighted by molar-refractivity contribution is 5.94. The van der Waals surface area contributed by atoms with Gasteiger partial charge in [-0.25, -0.2) is 4.98 Å². The number of ether oxygens (including phenoxy) is 1. The number of aromatic nitrogens is 1. The van der Waals surface area contributed by atoms with Crippen LogP contribution in [0.4, 0.5) is 0 Å². The van der Waals surface area contributed by atoms with Crippen LogP contribution in [0.15, 0.2) is 18.3 Å². The number of pyridine rings is 1. The predicted octanol–water partition coefficient (Wildman–Crippen LogP) is 2.56. The van der Waals surface area contributed by atoms with Gasteiger partial charge in [0.1, 0.15) is 6.10 Å². The van der Waals surface area contributed by atoms with Crippen LogP contribution < -0.4 is 4.74 Å². The summed E-state index contributed by atoms with van der Waals surface area (Å²) in [6.45, 7) is 6.67. The maximum absolute atomic E-state index is 13.0. The summed E-state index contributed by atoms with van der Waals surface area (Å²) in [4.78, 5) is 35.5. The lowest BCUT2D eigenvalue weighted by Gasteiger charge is -2.36. The van der Waals surface area contributed by atoms with E-state index in [1.165, 1.54) is 19.3 Å². The number of hydrogen-bond acceptors (Lipinski definition) is 5. The Bertz CT molecular complexity index is 734. The molecule has 0 radical (unpaired) electrons. The highest BCUT2D eigenvalue weighted by atomic mass is 16.5. The molecule has 2 amide bonds. The van der Waals surface area contributed by atoms with Gasteiger partial charge < -0.3 is 14.5 Å². The monoisotopic (exact) mass is 414 g/mol. The lowest BCUT2D eigenvalue weighted by atomic mass is 9.91. The first-order chi connectivity index (χ1) is 14.6. The van der Waals surface area contributed by atoms with Crippen molar-refractivity contribution in [3.05, 3.63) is 23.9 Å². The maximum Gasteiger partial charge on any atom is 0.255 e. The second-order valence-corrected chi connectivity index (χ2v) is 8.85. The van der Waals surface area contributed by atoms with E-state index >= 15 is 0 Å². The van der Waals surface area contributed by atoms with E-state index in [9.17, 15) is 9.59 Å². The Kier molecular flexibility index (Phi) is 6.87. The Morgan fingerprint density at radius 1 is 0.933 bits per heavy atom. The molecule has 1 saturated carbocycles. The molecule has 0 bridgehead atoms. The second kappa shape index (κ2) is 9.77. The normalized spacial score (nSPS) is 24.0. The number of likely N-dealkylation sites (tertiary alicyclic amines) is 1. The standard InChI is InChI=1S/C23H34N4O3/c1-18(28)27-11-3-2-8-21(17-27)30-22-10-9-19(16-24-22)23(29)26-13-5-12-25(14-15-26)20-6-4-7-20/h9-10,16,20-21H,2-8,11-15,17H2,1H3. The van der Waals surface area contributed by atoms with Gasteiger partial charge in [0, 0.05) is 58.0 Å². The molecule has 0 N–H and O–H groups in total. The van der Waals surface area contributed by atoms with E-state index in [4.69, 9.17) is 4.74 Å². The van der Waals surface area contributed by atoms with Gasteiger partial charge in [-0.2, -0.15) is 0 Å². The number of hydrogen-bond donors (Lipinski definition) is 0. The van der Waals surface area contributed by atoms with Crippen LogP contribution in [-0.2, 0) is 4.79 Å². The smallest absolute Gasteiger partial charge is 0.255 e. The van der Waals surface area contributed by atoms with Gasteiger partial charge in [0.25, 0.3) is 5.91 Å². The molecule has 1 unspecified atom stereocenters. The van der Waals surface area contributed by atoms with Gasteiger partial charge in [0.15, 0.2) is 0 Å². The van der Waals surface area contributed by atoms with Crippen molar-refractivity contribution in [2.24, 2.45) is 0 Å². The van der Waals surface area contributed by atoms with E-state index in [1.54, 1.807) is 19.2 Å². The molecule has 3 heterocycles. The van der Waals surface area contributed by atoms with Gasteiger partial charge >= 0.3 is 0 Å². The Hall–Kier alpha value is -2.15. The average Bonchev–Trinajstić information content (AvgIpc) is 3.08. The molecule has 0 aromatic carbocycles. The molecule has 1 aromatic heterocycles. The van der Waals surface area contributed by atoms with E-state index in [1.807, 2.05) is 15.9 Å². The van der Waals surface area contributed by atoms with Gasteiger partial charge in [0.05, 0.1) is 12.1 Å². The van der Waals surface area contributed by atoms with E-state index in [0.29, 0.717) is 18.0 Å². The molecular formula is C23H34N4O3. The summed E-state index contributed by atoms with van der Waals surface area (Å²) in [5.74, 6) is 0.670. The molecule has 2 saturated heterocycles. The van der Waals surface area contributed by atoms with E-state index in [-0.39, 0.29) is 17.9 Å². The second-order valence-electron chi connectivity index (χ2n) is 8.85. The molecule has 4 rings (SSSR count). The van der Waals surface area contributed by atoms with E-state index < -0.39 is 0 Å².